The third kappa shape index (κ3) is 4.27. The Morgan fingerprint density at radius 1 is 1.04 bits per heavy atom. The van der Waals surface area contributed by atoms with E-state index < -0.39 is 0 Å². The van der Waals surface area contributed by atoms with Gasteiger partial charge in [-0.2, -0.15) is 0 Å². The number of nitrogens with zero attached hydrogens (tertiary/aromatic N) is 3. The van der Waals surface area contributed by atoms with Crippen LogP contribution >= 0.6 is 0 Å². The van der Waals surface area contributed by atoms with Crippen molar-refractivity contribution in [1.82, 2.24) is 9.80 Å². The summed E-state index contributed by atoms with van der Waals surface area (Å²) in [5.41, 5.74) is 1.23. The molecule has 2 saturated heterocycles. The summed E-state index contributed by atoms with van der Waals surface area (Å²) in [6.45, 7) is 8.74. The number of carbonyl (C=O) groups excluding carboxylic acids is 1. The Bertz CT molecular complexity index is 557. The fraction of sp³-hybridized carbons (Fsp3) is 0.650. The van der Waals surface area contributed by atoms with Gasteiger partial charge in [-0.1, -0.05) is 0 Å². The number of carbonyl (C=O) groups is 1. The Balaban J connectivity index is 1.51. The van der Waals surface area contributed by atoms with Crippen LogP contribution in [0.2, 0.25) is 0 Å². The van der Waals surface area contributed by atoms with Crippen LogP contribution in [0.25, 0.3) is 0 Å². The molecule has 2 atom stereocenters. The van der Waals surface area contributed by atoms with Gasteiger partial charge in [0.05, 0.1) is 13.7 Å². The highest BCUT2D eigenvalue weighted by Crippen LogP contribution is 2.23. The number of ether oxygens (including phenoxy) is 1. The summed E-state index contributed by atoms with van der Waals surface area (Å²) < 4.78 is 5.22. The summed E-state index contributed by atoms with van der Waals surface area (Å²) in [4.78, 5) is 19.6. The van der Waals surface area contributed by atoms with Gasteiger partial charge in [-0.25, -0.2) is 0 Å². The molecule has 2 heterocycles. The van der Waals surface area contributed by atoms with Gasteiger partial charge in [0.15, 0.2) is 0 Å². The van der Waals surface area contributed by atoms with Crippen LogP contribution in [0.1, 0.15) is 33.1 Å². The third-order valence-corrected chi connectivity index (χ3v) is 5.65. The van der Waals surface area contributed by atoms with E-state index in [1.165, 1.54) is 12.1 Å². The van der Waals surface area contributed by atoms with Gasteiger partial charge < -0.3 is 14.5 Å². The molecule has 0 aromatic heterocycles. The largest absolute Gasteiger partial charge is 0.497 e. The highest BCUT2D eigenvalue weighted by molar-refractivity contribution is 5.79. The number of piperazine rings is 1. The number of anilines is 1. The van der Waals surface area contributed by atoms with Crippen molar-refractivity contribution in [3.8, 4) is 5.75 Å². The molecule has 3 rings (SSSR count). The summed E-state index contributed by atoms with van der Waals surface area (Å²) >= 11 is 0. The lowest BCUT2D eigenvalue weighted by Gasteiger charge is -2.41. The molecular formula is C20H31N3O2. The molecule has 0 spiro atoms. The van der Waals surface area contributed by atoms with Gasteiger partial charge in [0.25, 0.3) is 0 Å². The fourth-order valence-corrected chi connectivity index (χ4v) is 4.14. The molecule has 1 amide bonds. The molecule has 0 N–H and O–H groups in total. The molecule has 5 nitrogen and oxygen atoms in total. The maximum Gasteiger partial charge on any atom is 0.237 e. The maximum absolute atomic E-state index is 12.8. The monoisotopic (exact) mass is 345 g/mol. The normalized spacial score (nSPS) is 25.1. The van der Waals surface area contributed by atoms with Gasteiger partial charge in [-0.05, 0) is 57.4 Å². The van der Waals surface area contributed by atoms with Crippen LogP contribution in [-0.2, 0) is 4.79 Å². The lowest BCUT2D eigenvalue weighted by Crippen LogP contribution is -2.54. The van der Waals surface area contributed by atoms with Gasteiger partial charge in [0.1, 0.15) is 5.75 Å². The summed E-state index contributed by atoms with van der Waals surface area (Å²) in [6.07, 6.45) is 3.52. The lowest BCUT2D eigenvalue weighted by atomic mass is 9.97. The molecule has 0 unspecified atom stereocenters. The van der Waals surface area contributed by atoms with Crippen molar-refractivity contribution in [2.75, 3.05) is 44.7 Å². The Labute approximate surface area is 151 Å². The summed E-state index contributed by atoms with van der Waals surface area (Å²) in [6, 6.07) is 9.00. The van der Waals surface area contributed by atoms with Crippen LogP contribution in [0, 0.1) is 0 Å². The van der Waals surface area contributed by atoms with Crippen LogP contribution < -0.4 is 9.64 Å². The Kier molecular flexibility index (Phi) is 5.84. The van der Waals surface area contributed by atoms with Crippen LogP contribution in [0.5, 0.6) is 5.75 Å². The summed E-state index contributed by atoms with van der Waals surface area (Å²) in [5, 5.41) is 0. The first-order chi connectivity index (χ1) is 12.1. The average molecular weight is 345 g/mol. The van der Waals surface area contributed by atoms with Gasteiger partial charge >= 0.3 is 0 Å². The first-order valence-corrected chi connectivity index (χ1v) is 9.51. The van der Waals surface area contributed by atoms with Crippen LogP contribution in [0.3, 0.4) is 0 Å². The average Bonchev–Trinajstić information content (AvgIpc) is 2.62. The predicted molar refractivity (Wildman–Crippen MR) is 101 cm³/mol. The lowest BCUT2D eigenvalue weighted by molar-refractivity contribution is -0.138. The molecule has 25 heavy (non-hydrogen) atoms. The molecule has 5 heteroatoms. The second-order valence-corrected chi connectivity index (χ2v) is 7.39. The van der Waals surface area contributed by atoms with E-state index in [2.05, 4.69) is 40.7 Å². The molecule has 1 aromatic rings. The number of hydrogen-bond acceptors (Lipinski definition) is 4. The predicted octanol–water partition coefficient (Wildman–Crippen LogP) is 2.61. The minimum Gasteiger partial charge on any atom is -0.497 e. The quantitative estimate of drug-likeness (QED) is 0.840. The fourth-order valence-electron chi connectivity index (χ4n) is 4.14. The van der Waals surface area contributed by atoms with Crippen molar-refractivity contribution in [1.29, 1.82) is 0 Å². The third-order valence-electron chi connectivity index (χ3n) is 5.65. The molecular weight excluding hydrogens is 314 g/mol. The van der Waals surface area contributed by atoms with Gasteiger partial charge in [0, 0.05) is 44.0 Å². The van der Waals surface area contributed by atoms with E-state index in [1.54, 1.807) is 7.11 Å². The van der Waals surface area contributed by atoms with Crippen molar-refractivity contribution in [3.63, 3.8) is 0 Å². The number of piperidine rings is 1. The second kappa shape index (κ2) is 8.09. The molecule has 138 valence electrons. The molecule has 2 aliphatic heterocycles. The molecule has 0 bridgehead atoms. The first kappa shape index (κ1) is 18.1. The molecule has 0 radical (unpaired) electrons. The minimum atomic E-state index is 0.303. The van der Waals surface area contributed by atoms with Gasteiger partial charge in [-0.3, -0.25) is 9.69 Å². The van der Waals surface area contributed by atoms with Gasteiger partial charge in [-0.15, -0.1) is 0 Å². The van der Waals surface area contributed by atoms with E-state index in [9.17, 15) is 4.79 Å². The molecule has 0 saturated carbocycles. The zero-order chi connectivity index (χ0) is 17.8. The summed E-state index contributed by atoms with van der Waals surface area (Å²) in [5.74, 6) is 1.19. The van der Waals surface area contributed by atoms with Crippen molar-refractivity contribution >= 4 is 11.6 Å². The van der Waals surface area contributed by atoms with E-state index >= 15 is 0 Å². The van der Waals surface area contributed by atoms with E-state index in [4.69, 9.17) is 4.74 Å². The summed E-state index contributed by atoms with van der Waals surface area (Å²) in [7, 11) is 1.69. The van der Waals surface area contributed by atoms with Gasteiger partial charge in [0.2, 0.25) is 5.91 Å². The molecule has 2 aliphatic rings. The van der Waals surface area contributed by atoms with Crippen molar-refractivity contribution < 1.29 is 9.53 Å². The van der Waals surface area contributed by atoms with Crippen molar-refractivity contribution in [3.05, 3.63) is 24.3 Å². The van der Waals surface area contributed by atoms with E-state index in [-0.39, 0.29) is 0 Å². The Morgan fingerprint density at radius 3 is 2.20 bits per heavy atom. The van der Waals surface area contributed by atoms with Crippen molar-refractivity contribution in [2.45, 2.75) is 45.2 Å². The number of benzene rings is 1. The molecule has 0 aliphatic carbocycles. The Morgan fingerprint density at radius 2 is 1.64 bits per heavy atom. The minimum absolute atomic E-state index is 0.303. The van der Waals surface area contributed by atoms with Crippen molar-refractivity contribution in [2.24, 2.45) is 0 Å². The first-order valence-electron chi connectivity index (χ1n) is 9.51. The Hall–Kier alpha value is -1.75. The van der Waals surface area contributed by atoms with Crippen LogP contribution in [0.15, 0.2) is 24.3 Å². The standard InChI is InChI=1S/C20H31N3O2/c1-16-5-4-6-17(2)23(16)20(24)15-21-11-13-22(14-12-21)18-7-9-19(25-3)10-8-18/h7-10,16-17H,4-6,11-15H2,1-3H3/t16-,17-/m0/s1. The SMILES string of the molecule is COc1ccc(N2CCN(CC(=O)N3[C@@H](C)CCC[C@@H]3C)CC2)cc1. The maximum atomic E-state index is 12.8. The number of rotatable bonds is 4. The van der Waals surface area contributed by atoms with Crippen LogP contribution in [-0.4, -0.2) is 67.6 Å². The smallest absolute Gasteiger partial charge is 0.237 e. The number of hydrogen-bond donors (Lipinski definition) is 0. The number of likely N-dealkylation sites (tertiary alicyclic amines) is 1. The van der Waals surface area contributed by atoms with E-state index in [0.717, 1.165) is 44.8 Å². The molecule has 2 fully saturated rings. The van der Waals surface area contributed by atoms with E-state index in [1.807, 2.05) is 12.1 Å². The number of amides is 1. The molecule has 1 aromatic carbocycles. The topological polar surface area (TPSA) is 36.0 Å². The highest BCUT2D eigenvalue weighted by atomic mass is 16.5. The second-order valence-electron chi connectivity index (χ2n) is 7.39. The van der Waals surface area contributed by atoms with E-state index in [0.29, 0.717) is 24.5 Å². The zero-order valence-corrected chi connectivity index (χ0v) is 15.8. The number of methoxy groups -OCH3 is 1. The van der Waals surface area contributed by atoms with Crippen LogP contribution in [0.4, 0.5) is 5.69 Å². The zero-order valence-electron chi connectivity index (χ0n) is 15.8. The highest BCUT2D eigenvalue weighted by Gasteiger charge is 2.30.